The van der Waals surface area contributed by atoms with Gasteiger partial charge in [-0.15, -0.1) is 0 Å². The summed E-state index contributed by atoms with van der Waals surface area (Å²) in [5.41, 5.74) is 1.98. The Hall–Kier alpha value is -2.69. The van der Waals surface area contributed by atoms with E-state index >= 15 is 0 Å². The number of nitrogens with one attached hydrogen (secondary N) is 1. The Balaban J connectivity index is 2.00. The Bertz CT molecular complexity index is 758. The lowest BCUT2D eigenvalue weighted by Gasteiger charge is -2.14. The quantitative estimate of drug-likeness (QED) is 0.840. The highest BCUT2D eigenvalue weighted by atomic mass is 19.1. The second-order valence-electron chi connectivity index (χ2n) is 5.86. The lowest BCUT2D eigenvalue weighted by Crippen LogP contribution is -2.21. The number of aryl methyl sites for hydroxylation is 2. The van der Waals surface area contributed by atoms with E-state index in [2.05, 4.69) is 5.32 Å². The fourth-order valence-corrected chi connectivity index (χ4v) is 2.35. The third-order valence-electron chi connectivity index (χ3n) is 3.99. The molecule has 0 fully saturated rings. The molecule has 0 bridgehead atoms. The third-order valence-corrected chi connectivity index (χ3v) is 3.99. The number of halogens is 1. The van der Waals surface area contributed by atoms with Crippen molar-refractivity contribution in [1.29, 1.82) is 0 Å². The van der Waals surface area contributed by atoms with Crippen LogP contribution in [0.3, 0.4) is 0 Å². The van der Waals surface area contributed by atoms with Crippen LogP contribution in [0.15, 0.2) is 42.5 Å². The Morgan fingerprint density at radius 2 is 1.92 bits per heavy atom. The maximum Gasteiger partial charge on any atom is 0.335 e. The van der Waals surface area contributed by atoms with Crippen LogP contribution in [0.2, 0.25) is 0 Å². The second-order valence-corrected chi connectivity index (χ2v) is 5.86. The maximum atomic E-state index is 13.6. The number of benzene rings is 2. The minimum absolute atomic E-state index is 0.120. The van der Waals surface area contributed by atoms with Gasteiger partial charge in [0, 0.05) is 11.6 Å². The molecule has 0 spiro atoms. The molecule has 1 unspecified atom stereocenters. The molecule has 2 aromatic rings. The molecule has 4 nitrogen and oxygen atoms in total. The van der Waals surface area contributed by atoms with Crippen LogP contribution in [0, 0.1) is 18.7 Å². The Morgan fingerprint density at radius 1 is 1.21 bits per heavy atom. The molecule has 1 amide bonds. The Morgan fingerprint density at radius 3 is 2.58 bits per heavy atom. The first-order valence-corrected chi connectivity index (χ1v) is 7.76. The minimum atomic E-state index is -1.04. The third kappa shape index (κ3) is 4.41. The summed E-state index contributed by atoms with van der Waals surface area (Å²) in [6, 6.07) is 11.1. The molecular weight excluding hydrogens is 309 g/mol. The molecule has 126 valence electrons. The molecule has 0 aromatic heterocycles. The first-order chi connectivity index (χ1) is 11.4. The number of hydrogen-bond acceptors (Lipinski definition) is 2. The van der Waals surface area contributed by atoms with E-state index in [4.69, 9.17) is 5.11 Å². The molecule has 0 aliphatic rings. The summed E-state index contributed by atoms with van der Waals surface area (Å²) in [6.45, 7) is 3.57. The number of carboxylic acids is 1. The van der Waals surface area contributed by atoms with Gasteiger partial charge in [-0.3, -0.25) is 4.79 Å². The standard InChI is InChI=1S/C19H20FNO3/c1-12-7-10-15(19(23)24)11-17(12)21-18(22)13(2)8-9-14-5-3-4-6-16(14)20/h3-7,10-11,13H,8-9H2,1-2H3,(H,21,22)(H,23,24). The van der Waals surface area contributed by atoms with Gasteiger partial charge in [0.15, 0.2) is 0 Å². The molecule has 0 radical (unpaired) electrons. The van der Waals surface area contributed by atoms with Gasteiger partial charge in [0.1, 0.15) is 5.82 Å². The van der Waals surface area contributed by atoms with Gasteiger partial charge in [-0.05, 0) is 49.1 Å². The summed E-state index contributed by atoms with van der Waals surface area (Å²) in [5, 5.41) is 11.8. The van der Waals surface area contributed by atoms with E-state index in [0.717, 1.165) is 5.56 Å². The lowest BCUT2D eigenvalue weighted by atomic mass is 9.99. The van der Waals surface area contributed by atoms with Crippen LogP contribution in [0.25, 0.3) is 0 Å². The number of carboxylic acid groups (broad SMARTS) is 1. The number of rotatable bonds is 6. The monoisotopic (exact) mass is 329 g/mol. The highest BCUT2D eigenvalue weighted by Crippen LogP contribution is 2.19. The first kappa shape index (κ1) is 17.7. The van der Waals surface area contributed by atoms with Crippen LogP contribution in [0.1, 0.15) is 34.8 Å². The van der Waals surface area contributed by atoms with Crippen LogP contribution >= 0.6 is 0 Å². The SMILES string of the molecule is Cc1ccc(C(=O)O)cc1NC(=O)C(C)CCc1ccccc1F. The number of hydrogen-bond donors (Lipinski definition) is 2. The van der Waals surface area contributed by atoms with Crippen LogP contribution in [0.4, 0.5) is 10.1 Å². The van der Waals surface area contributed by atoms with Crippen molar-refractivity contribution in [3.05, 3.63) is 65.0 Å². The van der Waals surface area contributed by atoms with Crippen molar-refractivity contribution < 1.29 is 19.1 Å². The smallest absolute Gasteiger partial charge is 0.335 e. The van der Waals surface area contributed by atoms with Gasteiger partial charge in [0.25, 0.3) is 0 Å². The zero-order valence-electron chi connectivity index (χ0n) is 13.7. The summed E-state index contributed by atoms with van der Waals surface area (Å²) in [7, 11) is 0. The van der Waals surface area contributed by atoms with Crippen molar-refractivity contribution in [3.63, 3.8) is 0 Å². The zero-order chi connectivity index (χ0) is 17.7. The van der Waals surface area contributed by atoms with E-state index in [9.17, 15) is 14.0 Å². The second kappa shape index (κ2) is 7.73. The van der Waals surface area contributed by atoms with Gasteiger partial charge in [-0.1, -0.05) is 31.2 Å². The molecule has 0 saturated carbocycles. The van der Waals surface area contributed by atoms with E-state index in [1.807, 2.05) is 0 Å². The molecule has 0 aliphatic carbocycles. The molecule has 2 N–H and O–H groups in total. The summed E-state index contributed by atoms with van der Waals surface area (Å²) < 4.78 is 13.6. The van der Waals surface area contributed by atoms with Crippen LogP contribution < -0.4 is 5.32 Å². The van der Waals surface area contributed by atoms with Gasteiger partial charge in [0.05, 0.1) is 5.56 Å². The highest BCUT2D eigenvalue weighted by Gasteiger charge is 2.16. The molecule has 2 aromatic carbocycles. The average Bonchev–Trinajstić information content (AvgIpc) is 2.55. The van der Waals surface area contributed by atoms with E-state index in [1.165, 1.54) is 18.2 Å². The van der Waals surface area contributed by atoms with Crippen LogP contribution in [0.5, 0.6) is 0 Å². The molecular formula is C19H20FNO3. The minimum Gasteiger partial charge on any atom is -0.478 e. The largest absolute Gasteiger partial charge is 0.478 e. The van der Waals surface area contributed by atoms with Gasteiger partial charge in [-0.25, -0.2) is 9.18 Å². The fraction of sp³-hybridized carbons (Fsp3) is 0.263. The first-order valence-electron chi connectivity index (χ1n) is 7.76. The molecule has 1 atom stereocenters. The number of amides is 1. The van der Waals surface area contributed by atoms with Crippen molar-refractivity contribution >= 4 is 17.6 Å². The van der Waals surface area contributed by atoms with Gasteiger partial charge < -0.3 is 10.4 Å². The number of carbonyl (C=O) groups is 2. The van der Waals surface area contributed by atoms with Crippen molar-refractivity contribution in [2.45, 2.75) is 26.7 Å². The summed E-state index contributed by atoms with van der Waals surface area (Å²) in [5.74, 6) is -1.84. The Kier molecular flexibility index (Phi) is 5.68. The van der Waals surface area contributed by atoms with Crippen molar-refractivity contribution in [3.8, 4) is 0 Å². The maximum absolute atomic E-state index is 13.6. The van der Waals surface area contributed by atoms with Crippen LogP contribution in [-0.4, -0.2) is 17.0 Å². The van der Waals surface area contributed by atoms with E-state index in [0.29, 0.717) is 24.1 Å². The molecule has 0 saturated heterocycles. The molecule has 5 heteroatoms. The summed E-state index contributed by atoms with van der Waals surface area (Å²) in [6.07, 6.45) is 0.972. The molecule has 0 heterocycles. The number of carbonyl (C=O) groups excluding carboxylic acids is 1. The normalized spacial score (nSPS) is 11.8. The zero-order valence-corrected chi connectivity index (χ0v) is 13.7. The van der Waals surface area contributed by atoms with Crippen molar-refractivity contribution in [1.82, 2.24) is 0 Å². The lowest BCUT2D eigenvalue weighted by molar-refractivity contribution is -0.119. The van der Waals surface area contributed by atoms with Gasteiger partial charge >= 0.3 is 5.97 Å². The Labute approximate surface area is 140 Å². The van der Waals surface area contributed by atoms with Gasteiger partial charge in [-0.2, -0.15) is 0 Å². The van der Waals surface area contributed by atoms with Crippen LogP contribution in [-0.2, 0) is 11.2 Å². The summed E-state index contributed by atoms with van der Waals surface area (Å²) >= 11 is 0. The van der Waals surface area contributed by atoms with Crippen molar-refractivity contribution in [2.75, 3.05) is 5.32 Å². The molecule has 0 aliphatic heterocycles. The number of anilines is 1. The predicted octanol–water partition coefficient (Wildman–Crippen LogP) is 4.04. The fourth-order valence-electron chi connectivity index (χ4n) is 2.35. The molecule has 2 rings (SSSR count). The number of aromatic carboxylic acids is 1. The topological polar surface area (TPSA) is 66.4 Å². The van der Waals surface area contributed by atoms with Crippen molar-refractivity contribution in [2.24, 2.45) is 5.92 Å². The summed E-state index contributed by atoms with van der Waals surface area (Å²) in [4.78, 5) is 23.3. The van der Waals surface area contributed by atoms with E-state index < -0.39 is 5.97 Å². The average molecular weight is 329 g/mol. The predicted molar refractivity (Wildman–Crippen MR) is 90.7 cm³/mol. The van der Waals surface area contributed by atoms with E-state index in [1.54, 1.807) is 38.1 Å². The van der Waals surface area contributed by atoms with E-state index in [-0.39, 0.29) is 23.2 Å². The highest BCUT2D eigenvalue weighted by molar-refractivity contribution is 5.95. The molecule has 24 heavy (non-hydrogen) atoms. The van der Waals surface area contributed by atoms with Gasteiger partial charge in [0.2, 0.25) is 5.91 Å².